The topological polar surface area (TPSA) is 75.7 Å². The number of carbonyl (C=O) groups is 1. The minimum absolute atomic E-state index is 0.287. The normalized spacial score (nSPS) is 12.3. The van der Waals surface area contributed by atoms with Gasteiger partial charge >= 0.3 is 0 Å². The van der Waals surface area contributed by atoms with Gasteiger partial charge in [-0.1, -0.05) is 42.8 Å². The average molecular weight is 391 g/mol. The lowest BCUT2D eigenvalue weighted by atomic mass is 10.2. The second-order valence-electron chi connectivity index (χ2n) is 6.27. The second kappa shape index (κ2) is 9.41. The molecule has 1 atom stereocenters. The standard InChI is InChI=1S/C20H26N2O4S/c1-4-19(22(27(3,24)25)17-8-6-5-7-9-17)20(23)21-14-15-26-18-12-10-16(2)11-13-18/h5-13,19H,4,14-15H2,1-3H3,(H,21,23). The molecule has 0 radical (unpaired) electrons. The maximum absolute atomic E-state index is 12.6. The molecule has 7 heteroatoms. The van der Waals surface area contributed by atoms with E-state index in [1.165, 1.54) is 4.31 Å². The largest absolute Gasteiger partial charge is 0.492 e. The minimum atomic E-state index is -3.61. The van der Waals surface area contributed by atoms with Gasteiger partial charge in [0.15, 0.2) is 0 Å². The number of anilines is 1. The summed E-state index contributed by atoms with van der Waals surface area (Å²) < 4.78 is 31.4. The molecule has 1 unspecified atom stereocenters. The van der Waals surface area contributed by atoms with Crippen molar-refractivity contribution in [1.82, 2.24) is 5.32 Å². The monoisotopic (exact) mass is 390 g/mol. The van der Waals surface area contributed by atoms with Crippen LogP contribution >= 0.6 is 0 Å². The summed E-state index contributed by atoms with van der Waals surface area (Å²) in [6.45, 7) is 4.37. The summed E-state index contributed by atoms with van der Waals surface area (Å²) in [7, 11) is -3.61. The third kappa shape index (κ3) is 5.99. The Morgan fingerprint density at radius 2 is 1.74 bits per heavy atom. The quantitative estimate of drug-likeness (QED) is 0.668. The molecule has 0 bridgehead atoms. The predicted molar refractivity (Wildman–Crippen MR) is 108 cm³/mol. The van der Waals surface area contributed by atoms with Crippen LogP contribution in [0.5, 0.6) is 5.75 Å². The first kappa shape index (κ1) is 20.8. The predicted octanol–water partition coefficient (Wildman–Crippen LogP) is 2.73. The van der Waals surface area contributed by atoms with Crippen LogP contribution in [0.4, 0.5) is 5.69 Å². The molecule has 0 saturated heterocycles. The lowest BCUT2D eigenvalue weighted by molar-refractivity contribution is -0.122. The van der Waals surface area contributed by atoms with E-state index >= 15 is 0 Å². The Labute approximate surface area is 161 Å². The van der Waals surface area contributed by atoms with Crippen molar-refractivity contribution in [2.75, 3.05) is 23.7 Å². The zero-order valence-corrected chi connectivity index (χ0v) is 16.7. The Hall–Kier alpha value is -2.54. The van der Waals surface area contributed by atoms with Crippen LogP contribution in [-0.4, -0.2) is 39.8 Å². The van der Waals surface area contributed by atoms with Crippen molar-refractivity contribution in [2.24, 2.45) is 0 Å². The molecule has 2 rings (SSSR count). The summed E-state index contributed by atoms with van der Waals surface area (Å²) in [6, 6.07) is 15.5. The maximum atomic E-state index is 12.6. The van der Waals surface area contributed by atoms with Gasteiger partial charge < -0.3 is 10.1 Å². The summed E-state index contributed by atoms with van der Waals surface area (Å²) in [6.07, 6.45) is 1.46. The van der Waals surface area contributed by atoms with Crippen molar-refractivity contribution in [1.29, 1.82) is 0 Å². The number of ether oxygens (including phenoxy) is 1. The molecule has 0 aliphatic heterocycles. The van der Waals surface area contributed by atoms with Crippen LogP contribution in [-0.2, 0) is 14.8 Å². The Morgan fingerprint density at radius 1 is 1.11 bits per heavy atom. The fraction of sp³-hybridized carbons (Fsp3) is 0.350. The number of rotatable bonds is 9. The molecule has 2 aromatic carbocycles. The van der Waals surface area contributed by atoms with Gasteiger partial charge in [0, 0.05) is 0 Å². The fourth-order valence-electron chi connectivity index (χ4n) is 2.73. The van der Waals surface area contributed by atoms with Gasteiger partial charge in [-0.3, -0.25) is 9.10 Å². The zero-order chi connectivity index (χ0) is 19.9. The third-order valence-corrected chi connectivity index (χ3v) is 5.21. The molecule has 0 aromatic heterocycles. The first-order chi connectivity index (χ1) is 12.8. The van der Waals surface area contributed by atoms with E-state index in [-0.39, 0.29) is 12.5 Å². The van der Waals surface area contributed by atoms with Crippen LogP contribution in [0.25, 0.3) is 0 Å². The van der Waals surface area contributed by atoms with Crippen LogP contribution in [0.2, 0.25) is 0 Å². The highest BCUT2D eigenvalue weighted by atomic mass is 32.2. The SMILES string of the molecule is CCC(C(=O)NCCOc1ccc(C)cc1)N(c1ccccc1)S(C)(=O)=O. The Bertz CT molecular complexity index is 836. The molecule has 146 valence electrons. The van der Waals surface area contributed by atoms with Crippen molar-refractivity contribution in [3.05, 3.63) is 60.2 Å². The molecule has 27 heavy (non-hydrogen) atoms. The lowest BCUT2D eigenvalue weighted by Crippen LogP contribution is -2.49. The van der Waals surface area contributed by atoms with E-state index in [0.29, 0.717) is 18.7 Å². The van der Waals surface area contributed by atoms with E-state index in [1.54, 1.807) is 37.3 Å². The van der Waals surface area contributed by atoms with Crippen molar-refractivity contribution in [3.63, 3.8) is 0 Å². The molecule has 1 amide bonds. The molecular weight excluding hydrogens is 364 g/mol. The van der Waals surface area contributed by atoms with Gasteiger partial charge in [-0.2, -0.15) is 0 Å². The fourth-order valence-corrected chi connectivity index (χ4v) is 3.94. The zero-order valence-electron chi connectivity index (χ0n) is 15.9. The minimum Gasteiger partial charge on any atom is -0.492 e. The molecule has 6 nitrogen and oxygen atoms in total. The molecule has 0 aliphatic rings. The average Bonchev–Trinajstić information content (AvgIpc) is 2.64. The maximum Gasteiger partial charge on any atom is 0.244 e. The number of nitrogens with one attached hydrogen (secondary N) is 1. The van der Waals surface area contributed by atoms with Crippen molar-refractivity contribution in [2.45, 2.75) is 26.3 Å². The Kier molecular flexibility index (Phi) is 7.24. The van der Waals surface area contributed by atoms with E-state index in [0.717, 1.165) is 17.6 Å². The lowest BCUT2D eigenvalue weighted by Gasteiger charge is -2.30. The number of sulfonamides is 1. The number of nitrogens with zero attached hydrogens (tertiary/aromatic N) is 1. The molecule has 2 aromatic rings. The van der Waals surface area contributed by atoms with Gasteiger partial charge in [-0.05, 0) is 37.6 Å². The van der Waals surface area contributed by atoms with Gasteiger partial charge in [0.1, 0.15) is 18.4 Å². The van der Waals surface area contributed by atoms with Crippen molar-refractivity contribution >= 4 is 21.6 Å². The highest BCUT2D eigenvalue weighted by Gasteiger charge is 2.31. The second-order valence-corrected chi connectivity index (χ2v) is 8.13. The highest BCUT2D eigenvalue weighted by Crippen LogP contribution is 2.22. The van der Waals surface area contributed by atoms with Crippen LogP contribution < -0.4 is 14.4 Å². The van der Waals surface area contributed by atoms with E-state index in [9.17, 15) is 13.2 Å². The molecule has 0 spiro atoms. The van der Waals surface area contributed by atoms with Crippen LogP contribution in [0.15, 0.2) is 54.6 Å². The van der Waals surface area contributed by atoms with E-state index in [2.05, 4.69) is 5.32 Å². The van der Waals surface area contributed by atoms with E-state index < -0.39 is 16.1 Å². The van der Waals surface area contributed by atoms with Gasteiger partial charge in [0.05, 0.1) is 18.5 Å². The number of para-hydroxylation sites is 1. The molecule has 0 fully saturated rings. The van der Waals surface area contributed by atoms with Crippen molar-refractivity contribution < 1.29 is 17.9 Å². The number of benzene rings is 2. The van der Waals surface area contributed by atoms with Gasteiger partial charge in [-0.25, -0.2) is 8.42 Å². The summed E-state index contributed by atoms with van der Waals surface area (Å²) >= 11 is 0. The van der Waals surface area contributed by atoms with Gasteiger partial charge in [0.25, 0.3) is 0 Å². The first-order valence-electron chi connectivity index (χ1n) is 8.84. The number of hydrogen-bond donors (Lipinski definition) is 1. The van der Waals surface area contributed by atoms with Crippen molar-refractivity contribution in [3.8, 4) is 5.75 Å². The summed E-state index contributed by atoms with van der Waals surface area (Å²) in [4.78, 5) is 12.6. The summed E-state index contributed by atoms with van der Waals surface area (Å²) in [5.41, 5.74) is 1.61. The highest BCUT2D eigenvalue weighted by molar-refractivity contribution is 7.92. The van der Waals surface area contributed by atoms with Gasteiger partial charge in [-0.15, -0.1) is 0 Å². The number of aryl methyl sites for hydroxylation is 1. The smallest absolute Gasteiger partial charge is 0.244 e. The van der Waals surface area contributed by atoms with Crippen LogP contribution in [0, 0.1) is 6.92 Å². The van der Waals surface area contributed by atoms with E-state index in [1.807, 2.05) is 31.2 Å². The molecule has 0 aliphatic carbocycles. The van der Waals surface area contributed by atoms with Crippen LogP contribution in [0.3, 0.4) is 0 Å². The number of hydrogen-bond acceptors (Lipinski definition) is 4. The van der Waals surface area contributed by atoms with Crippen LogP contribution in [0.1, 0.15) is 18.9 Å². The molecule has 0 saturated carbocycles. The Balaban J connectivity index is 1.99. The summed E-state index contributed by atoms with van der Waals surface area (Å²) in [5, 5.41) is 2.77. The van der Waals surface area contributed by atoms with E-state index in [4.69, 9.17) is 4.74 Å². The first-order valence-corrected chi connectivity index (χ1v) is 10.7. The van der Waals surface area contributed by atoms with Gasteiger partial charge in [0.2, 0.25) is 15.9 Å². The Morgan fingerprint density at radius 3 is 2.30 bits per heavy atom. The number of amides is 1. The third-order valence-electron chi connectivity index (χ3n) is 4.03. The summed E-state index contributed by atoms with van der Waals surface area (Å²) in [5.74, 6) is 0.378. The molecule has 0 heterocycles. The molecular formula is C20H26N2O4S. The molecule has 1 N–H and O–H groups in total. The number of carbonyl (C=O) groups excluding carboxylic acids is 1.